The first kappa shape index (κ1) is 17.9. The highest BCUT2D eigenvalue weighted by Crippen LogP contribution is 2.19. The molecule has 1 aromatic carbocycles. The van der Waals surface area contributed by atoms with Gasteiger partial charge >= 0.3 is 6.03 Å². The largest absolute Gasteiger partial charge is 0.393 e. The van der Waals surface area contributed by atoms with Gasteiger partial charge < -0.3 is 15.3 Å². The van der Waals surface area contributed by atoms with Gasteiger partial charge in [-0.1, -0.05) is 26.0 Å². The van der Waals surface area contributed by atoms with E-state index in [0.717, 1.165) is 11.4 Å². The molecule has 0 radical (unpaired) electrons. The number of hydrogen-bond acceptors (Lipinski definition) is 3. The van der Waals surface area contributed by atoms with Crippen molar-refractivity contribution in [3.8, 4) is 0 Å². The van der Waals surface area contributed by atoms with Crippen LogP contribution in [0.15, 0.2) is 24.3 Å². The number of carbonyl (C=O) groups excluding carboxylic acids is 1. The van der Waals surface area contributed by atoms with Crippen molar-refractivity contribution >= 4 is 23.5 Å². The summed E-state index contributed by atoms with van der Waals surface area (Å²) in [6.07, 6.45) is 0.186. The summed E-state index contributed by atoms with van der Waals surface area (Å²) < 4.78 is 0. The van der Waals surface area contributed by atoms with E-state index < -0.39 is 6.10 Å². The van der Waals surface area contributed by atoms with Crippen molar-refractivity contribution in [1.82, 2.24) is 4.90 Å². The molecule has 0 aromatic heterocycles. The summed E-state index contributed by atoms with van der Waals surface area (Å²) in [5, 5.41) is 12.7. The third kappa shape index (κ3) is 7.39. The molecule has 0 bridgehead atoms. The van der Waals surface area contributed by atoms with Gasteiger partial charge in [0.25, 0.3) is 0 Å². The Labute approximate surface area is 131 Å². The second-order valence-electron chi connectivity index (χ2n) is 5.55. The smallest absolute Gasteiger partial charge is 0.321 e. The number of benzene rings is 1. The molecule has 2 amide bonds. The van der Waals surface area contributed by atoms with E-state index in [1.54, 1.807) is 18.9 Å². The van der Waals surface area contributed by atoms with Crippen LogP contribution in [0.1, 0.15) is 32.8 Å². The van der Waals surface area contributed by atoms with Crippen LogP contribution in [0, 0.1) is 0 Å². The minimum Gasteiger partial charge on any atom is -0.393 e. The van der Waals surface area contributed by atoms with E-state index in [1.165, 1.54) is 5.56 Å². The lowest BCUT2D eigenvalue weighted by Gasteiger charge is -2.19. The zero-order valence-electron chi connectivity index (χ0n) is 13.3. The third-order valence-electron chi connectivity index (χ3n) is 2.99. The van der Waals surface area contributed by atoms with Crippen molar-refractivity contribution in [1.29, 1.82) is 0 Å². The summed E-state index contributed by atoms with van der Waals surface area (Å²) in [7, 11) is 1.73. The first-order valence-electron chi connectivity index (χ1n) is 7.29. The fourth-order valence-corrected chi connectivity index (χ4v) is 2.41. The molecule has 0 saturated carbocycles. The molecule has 2 N–H and O–H groups in total. The van der Waals surface area contributed by atoms with Gasteiger partial charge in [-0.2, -0.15) is 11.8 Å². The monoisotopic (exact) mass is 310 g/mol. The Balaban J connectivity index is 2.53. The molecule has 118 valence electrons. The number of thioether (sulfide) groups is 1. The maximum Gasteiger partial charge on any atom is 0.321 e. The second-order valence-corrected chi connectivity index (χ2v) is 7.11. The molecule has 4 nitrogen and oxygen atoms in total. The van der Waals surface area contributed by atoms with Crippen LogP contribution in [0.3, 0.4) is 0 Å². The molecular formula is C16H26N2O2S. The molecule has 0 aliphatic carbocycles. The number of carbonyl (C=O) groups is 1. The molecule has 1 unspecified atom stereocenters. The third-order valence-corrected chi connectivity index (χ3v) is 4.16. The summed E-state index contributed by atoms with van der Waals surface area (Å²) in [5.74, 6) is 0.944. The lowest BCUT2D eigenvalue weighted by atomic mass is 10.2. The van der Waals surface area contributed by atoms with Crippen LogP contribution >= 0.6 is 11.8 Å². The summed E-state index contributed by atoms with van der Waals surface area (Å²) in [6, 6.07) is 7.79. The predicted octanol–water partition coefficient (Wildman–Crippen LogP) is 3.56. The minimum absolute atomic E-state index is 0.149. The van der Waals surface area contributed by atoms with Crippen molar-refractivity contribution in [3.63, 3.8) is 0 Å². The molecule has 0 spiro atoms. The number of nitrogens with one attached hydrogen (secondary N) is 1. The Morgan fingerprint density at radius 1 is 1.38 bits per heavy atom. The number of rotatable bonds is 7. The van der Waals surface area contributed by atoms with Gasteiger partial charge in [0.1, 0.15) is 0 Å². The minimum atomic E-state index is -0.392. The topological polar surface area (TPSA) is 52.6 Å². The maximum absolute atomic E-state index is 12.0. The van der Waals surface area contributed by atoms with Gasteiger partial charge in [-0.3, -0.25) is 0 Å². The Kier molecular flexibility index (Phi) is 7.61. The highest BCUT2D eigenvalue weighted by Gasteiger charge is 2.10. The Morgan fingerprint density at radius 3 is 2.71 bits per heavy atom. The fourth-order valence-electron chi connectivity index (χ4n) is 1.70. The van der Waals surface area contributed by atoms with Crippen LogP contribution in [-0.2, 0) is 5.75 Å². The average Bonchev–Trinajstić information content (AvgIpc) is 2.42. The molecule has 0 fully saturated rings. The van der Waals surface area contributed by atoms with Crippen molar-refractivity contribution in [2.45, 2.75) is 44.3 Å². The summed E-state index contributed by atoms with van der Waals surface area (Å²) in [4.78, 5) is 13.6. The molecule has 0 saturated heterocycles. The summed E-state index contributed by atoms with van der Waals surface area (Å²) in [5.41, 5.74) is 2.02. The van der Waals surface area contributed by atoms with E-state index in [0.29, 0.717) is 18.2 Å². The summed E-state index contributed by atoms with van der Waals surface area (Å²) in [6.45, 7) is 6.61. The second kappa shape index (κ2) is 8.95. The van der Waals surface area contributed by atoms with Crippen LogP contribution in [0.4, 0.5) is 10.5 Å². The standard InChI is InChI=1S/C16H26N2O2S/c1-12(2)21-11-14-6-5-7-15(10-14)17-16(20)18(4)9-8-13(3)19/h5-7,10,12-13,19H,8-9,11H2,1-4H3,(H,17,20). The van der Waals surface area contributed by atoms with Gasteiger partial charge in [-0.15, -0.1) is 0 Å². The van der Waals surface area contributed by atoms with Gasteiger partial charge in [0, 0.05) is 25.0 Å². The first-order valence-corrected chi connectivity index (χ1v) is 8.34. The lowest BCUT2D eigenvalue weighted by molar-refractivity contribution is 0.167. The number of aliphatic hydroxyl groups is 1. The maximum atomic E-state index is 12.0. The Bertz CT molecular complexity index is 450. The normalized spacial score (nSPS) is 12.3. The number of aliphatic hydroxyl groups excluding tert-OH is 1. The van der Waals surface area contributed by atoms with E-state index in [4.69, 9.17) is 0 Å². The first-order chi connectivity index (χ1) is 9.88. The zero-order valence-corrected chi connectivity index (χ0v) is 14.1. The predicted molar refractivity (Wildman–Crippen MR) is 90.8 cm³/mol. The SMILES string of the molecule is CC(O)CCN(C)C(=O)Nc1cccc(CSC(C)C)c1. The van der Waals surface area contributed by atoms with Crippen molar-refractivity contribution < 1.29 is 9.90 Å². The number of nitrogens with zero attached hydrogens (tertiary/aromatic N) is 1. The number of hydrogen-bond donors (Lipinski definition) is 2. The molecule has 0 aliphatic heterocycles. The van der Waals surface area contributed by atoms with E-state index in [1.807, 2.05) is 30.0 Å². The number of anilines is 1. The van der Waals surface area contributed by atoms with Gasteiger partial charge in [-0.25, -0.2) is 4.79 Å². The molecule has 1 atom stereocenters. The number of urea groups is 1. The van der Waals surface area contributed by atoms with Crippen LogP contribution in [-0.4, -0.2) is 41.0 Å². The van der Waals surface area contributed by atoms with Crippen LogP contribution in [0.5, 0.6) is 0 Å². The van der Waals surface area contributed by atoms with Crippen LogP contribution in [0.25, 0.3) is 0 Å². The van der Waals surface area contributed by atoms with E-state index >= 15 is 0 Å². The fraction of sp³-hybridized carbons (Fsp3) is 0.562. The molecule has 5 heteroatoms. The Morgan fingerprint density at radius 2 is 2.10 bits per heavy atom. The quantitative estimate of drug-likeness (QED) is 0.809. The summed E-state index contributed by atoms with van der Waals surface area (Å²) >= 11 is 1.88. The highest BCUT2D eigenvalue weighted by molar-refractivity contribution is 7.99. The van der Waals surface area contributed by atoms with Gasteiger partial charge in [0.2, 0.25) is 0 Å². The van der Waals surface area contributed by atoms with E-state index in [2.05, 4.69) is 25.2 Å². The zero-order chi connectivity index (χ0) is 15.8. The van der Waals surface area contributed by atoms with Crippen molar-refractivity contribution in [2.75, 3.05) is 18.9 Å². The molecule has 0 aliphatic rings. The van der Waals surface area contributed by atoms with E-state index in [9.17, 15) is 9.90 Å². The van der Waals surface area contributed by atoms with E-state index in [-0.39, 0.29) is 6.03 Å². The van der Waals surface area contributed by atoms with Crippen LogP contribution in [0.2, 0.25) is 0 Å². The molecule has 1 rings (SSSR count). The highest BCUT2D eigenvalue weighted by atomic mass is 32.2. The van der Waals surface area contributed by atoms with Gasteiger partial charge in [-0.05, 0) is 36.3 Å². The van der Waals surface area contributed by atoms with Gasteiger partial charge in [0.05, 0.1) is 6.10 Å². The average molecular weight is 310 g/mol. The molecule has 21 heavy (non-hydrogen) atoms. The van der Waals surface area contributed by atoms with Crippen LogP contribution < -0.4 is 5.32 Å². The van der Waals surface area contributed by atoms with Crippen molar-refractivity contribution in [3.05, 3.63) is 29.8 Å². The molecule has 0 heterocycles. The van der Waals surface area contributed by atoms with Gasteiger partial charge in [0.15, 0.2) is 0 Å². The lowest BCUT2D eigenvalue weighted by Crippen LogP contribution is -2.33. The Hall–Kier alpha value is -1.20. The van der Waals surface area contributed by atoms with Crippen molar-refractivity contribution in [2.24, 2.45) is 0 Å². The number of amides is 2. The molecule has 1 aromatic rings. The molecular weight excluding hydrogens is 284 g/mol.